The van der Waals surface area contributed by atoms with Crippen LogP contribution in [0.2, 0.25) is 0 Å². The fraction of sp³-hybridized carbons (Fsp3) is 0.471. The van der Waals surface area contributed by atoms with Gasteiger partial charge in [0.05, 0.1) is 30.8 Å². The molecule has 0 bridgehead atoms. The van der Waals surface area contributed by atoms with Crippen molar-refractivity contribution in [2.45, 2.75) is 26.0 Å². The Kier molecular flexibility index (Phi) is 6.49. The van der Waals surface area contributed by atoms with Gasteiger partial charge in [-0.3, -0.25) is 4.90 Å². The molecule has 1 atom stereocenters. The Labute approximate surface area is 166 Å². The van der Waals surface area contributed by atoms with Crippen molar-refractivity contribution in [1.29, 1.82) is 5.26 Å². The van der Waals surface area contributed by atoms with Crippen molar-refractivity contribution in [2.24, 2.45) is 0 Å². The molecule has 0 aliphatic carbocycles. The number of aromatic nitrogens is 4. The molecule has 0 aromatic carbocycles. The molecule has 9 nitrogen and oxygen atoms in total. The fourth-order valence-electron chi connectivity index (χ4n) is 2.70. The molecule has 0 amide bonds. The molecule has 3 heterocycles. The highest BCUT2D eigenvalue weighted by Gasteiger charge is 2.22. The van der Waals surface area contributed by atoms with Gasteiger partial charge < -0.3 is 15.4 Å². The number of nitriles is 1. The molecule has 1 aliphatic heterocycles. The van der Waals surface area contributed by atoms with E-state index < -0.39 is 0 Å². The summed E-state index contributed by atoms with van der Waals surface area (Å²) in [5, 5.41) is 23.4. The topological polar surface area (TPSA) is 112 Å². The SMILES string of the molecule is CC(C)N1CCO[C@H](CNc2cc(Nc3cnc(C#N)cn3)nnc2Br)C1. The summed E-state index contributed by atoms with van der Waals surface area (Å²) in [7, 11) is 0. The van der Waals surface area contributed by atoms with Crippen molar-refractivity contribution in [2.75, 3.05) is 36.9 Å². The van der Waals surface area contributed by atoms with Gasteiger partial charge in [0.25, 0.3) is 0 Å². The number of nitrogens with one attached hydrogen (secondary N) is 2. The second-order valence-corrected chi connectivity index (χ2v) is 7.17. The minimum Gasteiger partial charge on any atom is -0.380 e. The van der Waals surface area contributed by atoms with Crippen LogP contribution in [0.5, 0.6) is 0 Å². The third-order valence-electron chi connectivity index (χ3n) is 4.19. The second kappa shape index (κ2) is 9.03. The lowest BCUT2D eigenvalue weighted by Crippen LogP contribution is -2.48. The lowest BCUT2D eigenvalue weighted by molar-refractivity contribution is -0.0315. The van der Waals surface area contributed by atoms with Crippen molar-refractivity contribution in [3.8, 4) is 6.07 Å². The van der Waals surface area contributed by atoms with Crippen LogP contribution < -0.4 is 10.6 Å². The van der Waals surface area contributed by atoms with E-state index in [0.717, 1.165) is 25.4 Å². The highest BCUT2D eigenvalue weighted by molar-refractivity contribution is 9.10. The molecule has 3 rings (SSSR count). The maximum atomic E-state index is 8.78. The van der Waals surface area contributed by atoms with Crippen LogP contribution in [0.3, 0.4) is 0 Å². The molecule has 1 saturated heterocycles. The number of hydrogen-bond acceptors (Lipinski definition) is 9. The van der Waals surface area contributed by atoms with Gasteiger partial charge in [-0.2, -0.15) is 5.26 Å². The first-order valence-corrected chi connectivity index (χ1v) is 9.46. The van der Waals surface area contributed by atoms with E-state index in [2.05, 4.69) is 65.5 Å². The predicted molar refractivity (Wildman–Crippen MR) is 105 cm³/mol. The lowest BCUT2D eigenvalue weighted by atomic mass is 10.2. The molecule has 10 heteroatoms. The van der Waals surface area contributed by atoms with Crippen LogP contribution >= 0.6 is 15.9 Å². The summed E-state index contributed by atoms with van der Waals surface area (Å²) in [5.41, 5.74) is 1.06. The molecule has 0 radical (unpaired) electrons. The van der Waals surface area contributed by atoms with E-state index >= 15 is 0 Å². The summed E-state index contributed by atoms with van der Waals surface area (Å²) in [6.07, 6.45) is 2.99. The molecule has 27 heavy (non-hydrogen) atoms. The van der Waals surface area contributed by atoms with E-state index in [1.165, 1.54) is 12.4 Å². The van der Waals surface area contributed by atoms with Gasteiger partial charge in [-0.05, 0) is 29.8 Å². The molecule has 2 N–H and O–H groups in total. The van der Waals surface area contributed by atoms with Crippen LogP contribution in [0.4, 0.5) is 17.3 Å². The Hall–Kier alpha value is -2.35. The molecule has 0 saturated carbocycles. The van der Waals surface area contributed by atoms with Crippen LogP contribution in [0.25, 0.3) is 0 Å². The maximum Gasteiger partial charge on any atom is 0.158 e. The molecular weight excluding hydrogens is 412 g/mol. The molecule has 0 unspecified atom stereocenters. The van der Waals surface area contributed by atoms with E-state index in [0.29, 0.717) is 28.8 Å². The molecule has 0 spiro atoms. The Bertz CT molecular complexity index is 808. The van der Waals surface area contributed by atoms with Crippen LogP contribution in [-0.4, -0.2) is 63.5 Å². The van der Waals surface area contributed by atoms with Crippen molar-refractivity contribution >= 4 is 33.3 Å². The number of anilines is 3. The van der Waals surface area contributed by atoms with Gasteiger partial charge >= 0.3 is 0 Å². The van der Waals surface area contributed by atoms with E-state index in [1.54, 1.807) is 0 Å². The van der Waals surface area contributed by atoms with Crippen LogP contribution in [0.15, 0.2) is 23.1 Å². The average Bonchev–Trinajstić information content (AvgIpc) is 2.69. The first-order chi connectivity index (χ1) is 13.0. The van der Waals surface area contributed by atoms with Crippen molar-refractivity contribution in [3.05, 3.63) is 28.8 Å². The fourth-order valence-corrected chi connectivity index (χ4v) is 3.04. The van der Waals surface area contributed by atoms with Crippen LogP contribution in [-0.2, 0) is 4.74 Å². The number of ether oxygens (including phenoxy) is 1. The zero-order valence-electron chi connectivity index (χ0n) is 15.2. The van der Waals surface area contributed by atoms with E-state index in [9.17, 15) is 0 Å². The third kappa shape index (κ3) is 5.32. The third-order valence-corrected chi connectivity index (χ3v) is 4.78. The minimum atomic E-state index is 0.113. The van der Waals surface area contributed by atoms with Gasteiger partial charge in [-0.25, -0.2) is 9.97 Å². The average molecular weight is 433 g/mol. The summed E-state index contributed by atoms with van der Waals surface area (Å²) in [5.74, 6) is 1.01. The number of nitrogens with zero attached hydrogens (tertiary/aromatic N) is 6. The van der Waals surface area contributed by atoms with Crippen LogP contribution in [0, 0.1) is 11.3 Å². The van der Waals surface area contributed by atoms with E-state index in [-0.39, 0.29) is 11.8 Å². The van der Waals surface area contributed by atoms with Gasteiger partial charge in [-0.1, -0.05) is 0 Å². The van der Waals surface area contributed by atoms with Gasteiger partial charge in [-0.15, -0.1) is 10.2 Å². The van der Waals surface area contributed by atoms with Crippen molar-refractivity contribution in [1.82, 2.24) is 25.1 Å². The Morgan fingerprint density at radius 3 is 2.89 bits per heavy atom. The standard InChI is InChI=1S/C17H21BrN8O/c1-11(2)26-3-4-27-13(10-26)8-21-14-5-15(24-25-17(14)18)23-16-9-20-12(6-19)7-22-16/h5,7,9,11,13H,3-4,8,10H2,1-2H3,(H2,21,22,23,24)/t13-/m1/s1. The number of halogens is 1. The summed E-state index contributed by atoms with van der Waals surface area (Å²) in [6, 6.07) is 4.27. The first kappa shape index (κ1) is 19.4. The Morgan fingerprint density at radius 1 is 1.33 bits per heavy atom. The Balaban J connectivity index is 1.62. The van der Waals surface area contributed by atoms with Gasteiger partial charge in [0.1, 0.15) is 11.9 Å². The van der Waals surface area contributed by atoms with Gasteiger partial charge in [0, 0.05) is 31.7 Å². The molecule has 1 aliphatic rings. The number of rotatable bonds is 6. The predicted octanol–water partition coefficient (Wildman–Crippen LogP) is 2.17. The molecule has 142 valence electrons. The zero-order chi connectivity index (χ0) is 19.2. The van der Waals surface area contributed by atoms with Gasteiger partial charge in [0.2, 0.25) is 0 Å². The quantitative estimate of drug-likeness (QED) is 0.708. The van der Waals surface area contributed by atoms with Gasteiger partial charge in [0.15, 0.2) is 16.1 Å². The number of morpholine rings is 1. The van der Waals surface area contributed by atoms with Crippen molar-refractivity contribution < 1.29 is 4.74 Å². The normalized spacial score (nSPS) is 17.5. The maximum absolute atomic E-state index is 8.78. The van der Waals surface area contributed by atoms with E-state index in [4.69, 9.17) is 10.00 Å². The molecule has 2 aromatic heterocycles. The second-order valence-electron chi connectivity index (χ2n) is 6.42. The largest absolute Gasteiger partial charge is 0.380 e. The summed E-state index contributed by atoms with van der Waals surface area (Å²) >= 11 is 3.42. The Morgan fingerprint density at radius 2 is 2.19 bits per heavy atom. The summed E-state index contributed by atoms with van der Waals surface area (Å²) in [6.45, 7) is 7.67. The summed E-state index contributed by atoms with van der Waals surface area (Å²) in [4.78, 5) is 10.5. The smallest absolute Gasteiger partial charge is 0.158 e. The van der Waals surface area contributed by atoms with Crippen LogP contribution in [0.1, 0.15) is 19.5 Å². The molecule has 2 aromatic rings. The highest BCUT2D eigenvalue weighted by atomic mass is 79.9. The zero-order valence-corrected chi connectivity index (χ0v) is 16.8. The van der Waals surface area contributed by atoms with Crippen molar-refractivity contribution in [3.63, 3.8) is 0 Å². The monoisotopic (exact) mass is 432 g/mol. The van der Waals surface area contributed by atoms with E-state index in [1.807, 2.05) is 12.1 Å². The molecular formula is C17H21BrN8O. The lowest BCUT2D eigenvalue weighted by Gasteiger charge is -2.35. The number of hydrogen-bond donors (Lipinski definition) is 2. The minimum absolute atomic E-state index is 0.113. The molecule has 1 fully saturated rings. The summed E-state index contributed by atoms with van der Waals surface area (Å²) < 4.78 is 6.47. The highest BCUT2D eigenvalue weighted by Crippen LogP contribution is 2.23. The first-order valence-electron chi connectivity index (χ1n) is 8.67.